The maximum absolute atomic E-state index is 11.6. The minimum atomic E-state index is -0.260. The quantitative estimate of drug-likeness (QED) is 0.849. The van der Waals surface area contributed by atoms with Crippen molar-refractivity contribution < 1.29 is 9.59 Å². The minimum absolute atomic E-state index is 0. The summed E-state index contributed by atoms with van der Waals surface area (Å²) in [5, 5.41) is 2.71. The second-order valence-electron chi connectivity index (χ2n) is 3.87. The van der Waals surface area contributed by atoms with Gasteiger partial charge in [0.1, 0.15) is 0 Å². The number of rotatable bonds is 4. The second kappa shape index (κ2) is 7.68. The average molecular weight is 272 g/mol. The van der Waals surface area contributed by atoms with Crippen molar-refractivity contribution in [2.75, 3.05) is 25.5 Å². The van der Waals surface area contributed by atoms with Crippen molar-refractivity contribution >= 4 is 29.9 Å². The maximum Gasteiger partial charge on any atom is 0.243 e. The van der Waals surface area contributed by atoms with E-state index in [1.165, 1.54) is 4.90 Å². The van der Waals surface area contributed by atoms with E-state index in [0.717, 1.165) is 5.56 Å². The summed E-state index contributed by atoms with van der Waals surface area (Å²) in [6, 6.07) is 7.45. The first-order valence-electron chi connectivity index (χ1n) is 5.33. The number of nitrogens with zero attached hydrogens (tertiary/aromatic N) is 1. The molecule has 0 heterocycles. The zero-order valence-electron chi connectivity index (χ0n) is 10.5. The standard InChI is InChI=1S/C12H17N3O2.ClH/c1-9-3-5-10(6-4-9)14-11(16)8-15(2)12(17)7-13;/h3-6H,7-8,13H2,1-2H3,(H,14,16);1H. The van der Waals surface area contributed by atoms with Crippen LogP contribution in [0.15, 0.2) is 24.3 Å². The van der Waals surface area contributed by atoms with E-state index in [4.69, 9.17) is 5.73 Å². The number of nitrogens with one attached hydrogen (secondary N) is 1. The highest BCUT2D eigenvalue weighted by Gasteiger charge is 2.10. The van der Waals surface area contributed by atoms with Crippen LogP contribution in [0.2, 0.25) is 0 Å². The molecule has 0 spiro atoms. The molecule has 0 atom stereocenters. The van der Waals surface area contributed by atoms with Gasteiger partial charge in [-0.3, -0.25) is 9.59 Å². The van der Waals surface area contributed by atoms with E-state index in [0.29, 0.717) is 5.69 Å². The van der Waals surface area contributed by atoms with Gasteiger partial charge in [-0.25, -0.2) is 0 Å². The number of carbonyl (C=O) groups excluding carboxylic acids is 2. The van der Waals surface area contributed by atoms with Crippen molar-refractivity contribution in [3.8, 4) is 0 Å². The lowest BCUT2D eigenvalue weighted by atomic mass is 10.2. The second-order valence-corrected chi connectivity index (χ2v) is 3.87. The molecular formula is C12H18ClN3O2. The Balaban J connectivity index is 0.00000289. The molecule has 3 N–H and O–H groups in total. The Kier molecular flexibility index (Phi) is 7.00. The van der Waals surface area contributed by atoms with Crippen LogP contribution in [0.3, 0.4) is 0 Å². The number of nitrogens with two attached hydrogens (primary N) is 1. The Bertz CT molecular complexity index is 406. The van der Waals surface area contributed by atoms with Crippen molar-refractivity contribution in [1.82, 2.24) is 4.90 Å². The first kappa shape index (κ1) is 16.4. The van der Waals surface area contributed by atoms with Crippen LogP contribution in [0.25, 0.3) is 0 Å². The fraction of sp³-hybridized carbons (Fsp3) is 0.333. The first-order valence-corrected chi connectivity index (χ1v) is 5.33. The number of halogens is 1. The smallest absolute Gasteiger partial charge is 0.243 e. The molecule has 1 aromatic rings. The average Bonchev–Trinajstić information content (AvgIpc) is 2.30. The fourth-order valence-corrected chi connectivity index (χ4v) is 1.30. The summed E-state index contributed by atoms with van der Waals surface area (Å²) in [6.45, 7) is 1.89. The van der Waals surface area contributed by atoms with E-state index >= 15 is 0 Å². The predicted octanol–water partition coefficient (Wildman–Crippen LogP) is 0.772. The first-order chi connectivity index (χ1) is 8.02. The van der Waals surface area contributed by atoms with E-state index in [1.54, 1.807) is 7.05 Å². The summed E-state index contributed by atoms with van der Waals surface area (Å²) in [7, 11) is 1.55. The Morgan fingerprint density at radius 2 is 1.83 bits per heavy atom. The van der Waals surface area contributed by atoms with Gasteiger partial charge >= 0.3 is 0 Å². The molecule has 0 aromatic heterocycles. The molecule has 0 saturated heterocycles. The third kappa shape index (κ3) is 5.16. The number of anilines is 1. The van der Waals surface area contributed by atoms with Gasteiger partial charge in [-0.2, -0.15) is 0 Å². The molecule has 0 aliphatic heterocycles. The largest absolute Gasteiger partial charge is 0.335 e. The van der Waals surface area contributed by atoms with E-state index in [1.807, 2.05) is 31.2 Å². The van der Waals surface area contributed by atoms with Gasteiger partial charge in [0, 0.05) is 12.7 Å². The molecule has 1 aromatic carbocycles. The highest BCUT2D eigenvalue weighted by molar-refractivity contribution is 5.94. The van der Waals surface area contributed by atoms with Gasteiger partial charge in [0.05, 0.1) is 13.1 Å². The molecule has 2 amide bonds. The van der Waals surface area contributed by atoms with Gasteiger partial charge < -0.3 is 16.0 Å². The predicted molar refractivity (Wildman–Crippen MR) is 73.7 cm³/mol. The Morgan fingerprint density at radius 3 is 2.33 bits per heavy atom. The summed E-state index contributed by atoms with van der Waals surface area (Å²) >= 11 is 0. The highest BCUT2D eigenvalue weighted by atomic mass is 35.5. The van der Waals surface area contributed by atoms with Gasteiger partial charge in [-0.1, -0.05) is 17.7 Å². The molecule has 0 bridgehead atoms. The van der Waals surface area contributed by atoms with Crippen molar-refractivity contribution in [1.29, 1.82) is 0 Å². The lowest BCUT2D eigenvalue weighted by Gasteiger charge is -2.15. The van der Waals surface area contributed by atoms with E-state index in [9.17, 15) is 9.59 Å². The van der Waals surface area contributed by atoms with E-state index in [2.05, 4.69) is 5.32 Å². The van der Waals surface area contributed by atoms with Crippen molar-refractivity contribution in [2.45, 2.75) is 6.92 Å². The Hall–Kier alpha value is -1.59. The molecule has 0 aliphatic carbocycles. The number of amides is 2. The number of carbonyl (C=O) groups is 2. The van der Waals surface area contributed by atoms with Gasteiger partial charge in [0.15, 0.2) is 0 Å². The normalized spacial score (nSPS) is 9.28. The molecule has 0 fully saturated rings. The van der Waals surface area contributed by atoms with Crippen LogP contribution < -0.4 is 11.1 Å². The summed E-state index contributed by atoms with van der Waals surface area (Å²) in [4.78, 5) is 24.0. The van der Waals surface area contributed by atoms with Gasteiger partial charge in [-0.05, 0) is 19.1 Å². The monoisotopic (exact) mass is 271 g/mol. The highest BCUT2D eigenvalue weighted by Crippen LogP contribution is 2.08. The van der Waals surface area contributed by atoms with Gasteiger partial charge in [0.2, 0.25) is 11.8 Å². The molecule has 1 rings (SSSR count). The third-order valence-corrected chi connectivity index (χ3v) is 2.32. The molecular weight excluding hydrogens is 254 g/mol. The Labute approximate surface area is 113 Å². The lowest BCUT2D eigenvalue weighted by Crippen LogP contribution is -2.38. The van der Waals surface area contributed by atoms with Gasteiger partial charge in [-0.15, -0.1) is 12.4 Å². The van der Waals surface area contributed by atoms with Crippen LogP contribution in [0.5, 0.6) is 0 Å². The van der Waals surface area contributed by atoms with E-state index < -0.39 is 0 Å². The van der Waals surface area contributed by atoms with Crippen molar-refractivity contribution in [2.24, 2.45) is 5.73 Å². The lowest BCUT2D eigenvalue weighted by molar-refractivity contribution is -0.132. The molecule has 0 unspecified atom stereocenters. The molecule has 5 nitrogen and oxygen atoms in total. The fourth-order valence-electron chi connectivity index (χ4n) is 1.30. The third-order valence-electron chi connectivity index (χ3n) is 2.32. The minimum Gasteiger partial charge on any atom is -0.335 e. The van der Waals surface area contributed by atoms with Crippen LogP contribution >= 0.6 is 12.4 Å². The molecule has 18 heavy (non-hydrogen) atoms. The van der Waals surface area contributed by atoms with Gasteiger partial charge in [0.25, 0.3) is 0 Å². The Morgan fingerprint density at radius 1 is 1.28 bits per heavy atom. The topological polar surface area (TPSA) is 75.4 Å². The molecule has 0 aliphatic rings. The number of aryl methyl sites for hydroxylation is 1. The zero-order valence-corrected chi connectivity index (χ0v) is 11.3. The molecule has 6 heteroatoms. The molecule has 0 radical (unpaired) electrons. The summed E-state index contributed by atoms with van der Waals surface area (Å²) in [5.41, 5.74) is 7.04. The zero-order chi connectivity index (χ0) is 12.8. The SMILES string of the molecule is Cc1ccc(NC(=O)CN(C)C(=O)CN)cc1.Cl. The number of hydrogen-bond donors (Lipinski definition) is 2. The summed E-state index contributed by atoms with van der Waals surface area (Å²) in [6.07, 6.45) is 0. The maximum atomic E-state index is 11.6. The number of likely N-dealkylation sites (N-methyl/N-ethyl adjacent to an activating group) is 1. The molecule has 100 valence electrons. The summed E-state index contributed by atoms with van der Waals surface area (Å²) < 4.78 is 0. The van der Waals surface area contributed by atoms with Crippen molar-refractivity contribution in [3.05, 3.63) is 29.8 Å². The van der Waals surface area contributed by atoms with E-state index in [-0.39, 0.29) is 37.3 Å². The summed E-state index contributed by atoms with van der Waals surface area (Å²) in [5.74, 6) is -0.498. The van der Waals surface area contributed by atoms with Crippen molar-refractivity contribution in [3.63, 3.8) is 0 Å². The number of benzene rings is 1. The van der Waals surface area contributed by atoms with Crippen LogP contribution in [0.1, 0.15) is 5.56 Å². The van der Waals surface area contributed by atoms with Crippen LogP contribution in [0, 0.1) is 6.92 Å². The number of hydrogen-bond acceptors (Lipinski definition) is 3. The van der Waals surface area contributed by atoms with Crippen LogP contribution in [-0.4, -0.2) is 36.9 Å². The van der Waals surface area contributed by atoms with Crippen LogP contribution in [0.4, 0.5) is 5.69 Å². The van der Waals surface area contributed by atoms with Crippen LogP contribution in [-0.2, 0) is 9.59 Å². The molecule has 0 saturated carbocycles.